The zero-order valence-electron chi connectivity index (χ0n) is 13.2. The molecule has 0 aliphatic carbocycles. The second-order valence-corrected chi connectivity index (χ2v) is 5.12. The molecule has 0 radical (unpaired) electrons. The van der Waals surface area contributed by atoms with E-state index in [0.29, 0.717) is 24.7 Å². The van der Waals surface area contributed by atoms with Crippen molar-refractivity contribution < 1.29 is 14.2 Å². The molecule has 0 spiro atoms. The van der Waals surface area contributed by atoms with Crippen LogP contribution in [0.2, 0.25) is 0 Å². The molecule has 0 aliphatic rings. The Morgan fingerprint density at radius 2 is 1.68 bits per heavy atom. The summed E-state index contributed by atoms with van der Waals surface area (Å²) in [7, 11) is 1.61. The molecule has 2 aromatic carbocycles. The molecule has 0 aliphatic heterocycles. The molecule has 0 aromatic heterocycles. The van der Waals surface area contributed by atoms with E-state index >= 15 is 0 Å². The van der Waals surface area contributed by atoms with Crippen molar-refractivity contribution in [1.29, 1.82) is 0 Å². The Balaban J connectivity index is 1.65. The molecule has 22 heavy (non-hydrogen) atoms. The molecule has 0 heterocycles. The summed E-state index contributed by atoms with van der Waals surface area (Å²) in [5, 5.41) is 0. The third-order valence-corrected chi connectivity index (χ3v) is 3.27. The van der Waals surface area contributed by atoms with E-state index in [1.54, 1.807) is 13.2 Å². The van der Waals surface area contributed by atoms with E-state index in [0.717, 1.165) is 24.3 Å². The highest BCUT2D eigenvalue weighted by Gasteiger charge is 2.02. The second-order valence-electron chi connectivity index (χ2n) is 5.12. The van der Waals surface area contributed by atoms with Crippen molar-refractivity contribution >= 4 is 5.69 Å². The Bertz CT molecular complexity index is 599. The molecular weight excluding hydrogens is 278 g/mol. The van der Waals surface area contributed by atoms with Crippen LogP contribution in [0.3, 0.4) is 0 Å². The van der Waals surface area contributed by atoms with Crippen LogP contribution >= 0.6 is 0 Å². The van der Waals surface area contributed by atoms with Crippen molar-refractivity contribution in [2.45, 2.75) is 19.8 Å². The van der Waals surface area contributed by atoms with E-state index in [-0.39, 0.29) is 0 Å². The average molecular weight is 301 g/mol. The highest BCUT2D eigenvalue weighted by Crippen LogP contribution is 2.26. The normalized spacial score (nSPS) is 10.3. The van der Waals surface area contributed by atoms with Crippen LogP contribution in [0, 0.1) is 6.92 Å². The minimum Gasteiger partial charge on any atom is -0.497 e. The van der Waals surface area contributed by atoms with Gasteiger partial charge in [0, 0.05) is 6.07 Å². The number of anilines is 1. The van der Waals surface area contributed by atoms with Crippen LogP contribution < -0.4 is 19.9 Å². The molecular formula is C18H23NO3. The van der Waals surface area contributed by atoms with Gasteiger partial charge in [0.15, 0.2) is 0 Å². The monoisotopic (exact) mass is 301 g/mol. The molecule has 4 heteroatoms. The van der Waals surface area contributed by atoms with Crippen LogP contribution in [0.5, 0.6) is 17.2 Å². The predicted octanol–water partition coefficient (Wildman–Crippen LogP) is 3.82. The summed E-state index contributed by atoms with van der Waals surface area (Å²) >= 11 is 0. The number of hydrogen-bond donors (Lipinski definition) is 1. The fraction of sp³-hybridized carbons (Fsp3) is 0.333. The van der Waals surface area contributed by atoms with Gasteiger partial charge in [0.1, 0.15) is 17.2 Å². The van der Waals surface area contributed by atoms with Gasteiger partial charge < -0.3 is 19.9 Å². The molecule has 0 bridgehead atoms. The Labute approximate surface area is 131 Å². The Morgan fingerprint density at radius 1 is 0.909 bits per heavy atom. The quantitative estimate of drug-likeness (QED) is 0.595. The number of nitrogen functional groups attached to an aromatic ring is 1. The summed E-state index contributed by atoms with van der Waals surface area (Å²) in [5.74, 6) is 2.34. The van der Waals surface area contributed by atoms with Crippen LogP contribution in [-0.4, -0.2) is 20.3 Å². The molecule has 0 saturated carbocycles. The minimum absolute atomic E-state index is 0.593. The molecule has 0 amide bonds. The van der Waals surface area contributed by atoms with Gasteiger partial charge in [0.25, 0.3) is 0 Å². The summed E-state index contributed by atoms with van der Waals surface area (Å²) in [6.07, 6.45) is 1.85. The molecule has 118 valence electrons. The summed E-state index contributed by atoms with van der Waals surface area (Å²) in [5.41, 5.74) is 7.70. The summed E-state index contributed by atoms with van der Waals surface area (Å²) in [6.45, 7) is 3.36. The maximum Gasteiger partial charge on any atom is 0.142 e. The first-order valence-electron chi connectivity index (χ1n) is 7.45. The molecule has 0 atom stereocenters. The summed E-state index contributed by atoms with van der Waals surface area (Å²) in [4.78, 5) is 0. The largest absolute Gasteiger partial charge is 0.497 e. The first-order chi connectivity index (χ1) is 10.7. The van der Waals surface area contributed by atoms with Gasteiger partial charge in [0.05, 0.1) is 26.0 Å². The maximum absolute atomic E-state index is 5.90. The van der Waals surface area contributed by atoms with Gasteiger partial charge in [-0.15, -0.1) is 0 Å². The lowest BCUT2D eigenvalue weighted by atomic mass is 10.2. The Kier molecular flexibility index (Phi) is 5.95. The Hall–Kier alpha value is -2.36. The molecule has 0 fully saturated rings. The zero-order valence-corrected chi connectivity index (χ0v) is 13.2. The van der Waals surface area contributed by atoms with Crippen molar-refractivity contribution in [2.24, 2.45) is 0 Å². The number of unbranched alkanes of at least 4 members (excludes halogenated alkanes) is 1. The lowest BCUT2D eigenvalue weighted by Gasteiger charge is -2.10. The highest BCUT2D eigenvalue weighted by molar-refractivity contribution is 5.56. The number of ether oxygens (including phenoxy) is 3. The van der Waals surface area contributed by atoms with E-state index in [4.69, 9.17) is 19.9 Å². The van der Waals surface area contributed by atoms with Gasteiger partial charge in [-0.3, -0.25) is 0 Å². The molecule has 2 N–H and O–H groups in total. The molecule has 4 nitrogen and oxygen atoms in total. The smallest absolute Gasteiger partial charge is 0.142 e. The molecule has 2 aromatic rings. The van der Waals surface area contributed by atoms with E-state index in [2.05, 4.69) is 13.0 Å². The van der Waals surface area contributed by atoms with Crippen molar-refractivity contribution in [3.63, 3.8) is 0 Å². The topological polar surface area (TPSA) is 53.7 Å². The highest BCUT2D eigenvalue weighted by atomic mass is 16.5. The van der Waals surface area contributed by atoms with Crippen molar-refractivity contribution in [2.75, 3.05) is 26.1 Å². The number of aryl methyl sites for hydroxylation is 1. The fourth-order valence-corrected chi connectivity index (χ4v) is 2.07. The Morgan fingerprint density at radius 3 is 2.36 bits per heavy atom. The van der Waals surface area contributed by atoms with Gasteiger partial charge in [-0.25, -0.2) is 0 Å². The summed E-state index contributed by atoms with van der Waals surface area (Å²) < 4.78 is 16.5. The SMILES string of the molecule is COc1ccc(OCCCCOc2cccc(C)c2)c(N)c1. The number of rotatable bonds is 8. The van der Waals surface area contributed by atoms with E-state index in [1.165, 1.54) is 5.56 Å². The lowest BCUT2D eigenvalue weighted by Crippen LogP contribution is -2.04. The zero-order chi connectivity index (χ0) is 15.8. The first-order valence-corrected chi connectivity index (χ1v) is 7.45. The van der Waals surface area contributed by atoms with Gasteiger partial charge in [0.2, 0.25) is 0 Å². The average Bonchev–Trinajstić information content (AvgIpc) is 2.52. The van der Waals surface area contributed by atoms with E-state index in [9.17, 15) is 0 Å². The second kappa shape index (κ2) is 8.17. The lowest BCUT2D eigenvalue weighted by molar-refractivity contribution is 0.267. The predicted molar refractivity (Wildman–Crippen MR) is 88.8 cm³/mol. The first kappa shape index (κ1) is 16.0. The fourth-order valence-electron chi connectivity index (χ4n) is 2.07. The molecule has 0 unspecified atom stereocenters. The minimum atomic E-state index is 0.593. The van der Waals surface area contributed by atoms with E-state index < -0.39 is 0 Å². The third-order valence-electron chi connectivity index (χ3n) is 3.27. The van der Waals surface area contributed by atoms with Gasteiger partial charge in [-0.1, -0.05) is 12.1 Å². The maximum atomic E-state index is 5.90. The number of nitrogens with two attached hydrogens (primary N) is 1. The van der Waals surface area contributed by atoms with Crippen LogP contribution in [0.4, 0.5) is 5.69 Å². The van der Waals surface area contributed by atoms with Gasteiger partial charge in [-0.05, 0) is 49.6 Å². The molecule has 2 rings (SSSR count). The van der Waals surface area contributed by atoms with Crippen LogP contribution in [0.1, 0.15) is 18.4 Å². The number of methoxy groups -OCH3 is 1. The van der Waals surface area contributed by atoms with Crippen molar-refractivity contribution in [3.8, 4) is 17.2 Å². The van der Waals surface area contributed by atoms with Crippen molar-refractivity contribution in [3.05, 3.63) is 48.0 Å². The van der Waals surface area contributed by atoms with Gasteiger partial charge >= 0.3 is 0 Å². The van der Waals surface area contributed by atoms with Crippen LogP contribution in [0.25, 0.3) is 0 Å². The summed E-state index contributed by atoms with van der Waals surface area (Å²) in [6, 6.07) is 13.5. The standard InChI is InChI=1S/C18H23NO3/c1-14-6-5-7-16(12-14)21-10-3-4-11-22-18-9-8-15(20-2)13-17(18)19/h5-9,12-13H,3-4,10-11,19H2,1-2H3. The van der Waals surface area contributed by atoms with E-state index in [1.807, 2.05) is 30.3 Å². The van der Waals surface area contributed by atoms with Crippen LogP contribution in [0.15, 0.2) is 42.5 Å². The van der Waals surface area contributed by atoms with Gasteiger partial charge in [-0.2, -0.15) is 0 Å². The number of benzene rings is 2. The van der Waals surface area contributed by atoms with Crippen LogP contribution in [-0.2, 0) is 0 Å². The number of hydrogen-bond acceptors (Lipinski definition) is 4. The third kappa shape index (κ3) is 4.88. The van der Waals surface area contributed by atoms with Crippen molar-refractivity contribution in [1.82, 2.24) is 0 Å². The molecule has 0 saturated heterocycles.